The van der Waals surface area contributed by atoms with E-state index in [0.717, 1.165) is 12.8 Å². The van der Waals surface area contributed by atoms with Crippen molar-refractivity contribution in [1.29, 1.82) is 0 Å². The van der Waals surface area contributed by atoms with E-state index in [1.165, 1.54) is 5.56 Å². The highest BCUT2D eigenvalue weighted by Gasteiger charge is 2.12. The van der Waals surface area contributed by atoms with Crippen LogP contribution in [0.25, 0.3) is 0 Å². The largest absolute Gasteiger partial charge is 0.368 e. The molecule has 1 aromatic carbocycles. The van der Waals surface area contributed by atoms with E-state index < -0.39 is 0 Å². The summed E-state index contributed by atoms with van der Waals surface area (Å²) in [4.78, 5) is 8.01. The van der Waals surface area contributed by atoms with Gasteiger partial charge in [-0.2, -0.15) is 4.98 Å². The van der Waals surface area contributed by atoms with Gasteiger partial charge in [0.2, 0.25) is 5.95 Å². The molecule has 1 unspecified atom stereocenters. The molecule has 0 aliphatic rings. The maximum Gasteiger partial charge on any atom is 0.223 e. The van der Waals surface area contributed by atoms with Crippen LogP contribution in [0.4, 0.5) is 11.8 Å². The van der Waals surface area contributed by atoms with Crippen molar-refractivity contribution in [2.75, 3.05) is 11.1 Å². The predicted molar refractivity (Wildman–Crippen MR) is 83.7 cm³/mol. The molecule has 0 amide bonds. The van der Waals surface area contributed by atoms with Gasteiger partial charge in [0.05, 0.1) is 6.04 Å². The number of anilines is 2. The number of allylic oxidation sites excluding steroid dienone is 1. The Hall–Kier alpha value is -2.07. The zero-order valence-electron chi connectivity index (χ0n) is 11.1. The van der Waals surface area contributed by atoms with Gasteiger partial charge >= 0.3 is 0 Å². The zero-order valence-corrected chi connectivity index (χ0v) is 11.8. The highest BCUT2D eigenvalue weighted by molar-refractivity contribution is 6.29. The maximum atomic E-state index is 5.90. The van der Waals surface area contributed by atoms with E-state index in [0.29, 0.717) is 11.0 Å². The number of nitrogens with two attached hydrogens (primary N) is 1. The number of halogens is 1. The summed E-state index contributed by atoms with van der Waals surface area (Å²) in [7, 11) is 0. The SMILES string of the molecule is C=CCCC(Nc1cc(Cl)nc(N)n1)c1ccccc1. The monoisotopic (exact) mass is 288 g/mol. The summed E-state index contributed by atoms with van der Waals surface area (Å²) < 4.78 is 0. The minimum atomic E-state index is 0.125. The summed E-state index contributed by atoms with van der Waals surface area (Å²) >= 11 is 5.90. The van der Waals surface area contributed by atoms with Gasteiger partial charge in [-0.15, -0.1) is 6.58 Å². The van der Waals surface area contributed by atoms with E-state index in [1.54, 1.807) is 6.07 Å². The number of benzene rings is 1. The average Bonchev–Trinajstić information content (AvgIpc) is 2.43. The van der Waals surface area contributed by atoms with Crippen molar-refractivity contribution in [3.8, 4) is 0 Å². The van der Waals surface area contributed by atoms with Gasteiger partial charge in [-0.3, -0.25) is 0 Å². The fourth-order valence-corrected chi connectivity index (χ4v) is 2.17. The van der Waals surface area contributed by atoms with Crippen LogP contribution in [0.1, 0.15) is 24.4 Å². The summed E-state index contributed by atoms with van der Waals surface area (Å²) in [6, 6.07) is 12.0. The molecule has 0 aliphatic carbocycles. The topological polar surface area (TPSA) is 63.8 Å². The Morgan fingerprint density at radius 2 is 2.05 bits per heavy atom. The molecular formula is C15H17ClN4. The second-order valence-electron chi connectivity index (χ2n) is 4.41. The van der Waals surface area contributed by atoms with Gasteiger partial charge in [-0.05, 0) is 18.4 Å². The Balaban J connectivity index is 2.21. The van der Waals surface area contributed by atoms with E-state index in [2.05, 4.69) is 34.0 Å². The van der Waals surface area contributed by atoms with E-state index in [1.807, 2.05) is 24.3 Å². The van der Waals surface area contributed by atoms with Crippen molar-refractivity contribution in [3.63, 3.8) is 0 Å². The molecule has 20 heavy (non-hydrogen) atoms. The van der Waals surface area contributed by atoms with Crippen LogP contribution in [0.15, 0.2) is 49.1 Å². The average molecular weight is 289 g/mol. The predicted octanol–water partition coefficient (Wildman–Crippen LogP) is 3.83. The Kier molecular flexibility index (Phi) is 4.96. The molecule has 2 rings (SSSR count). The van der Waals surface area contributed by atoms with Crippen molar-refractivity contribution < 1.29 is 0 Å². The fraction of sp³-hybridized carbons (Fsp3) is 0.200. The Labute approximate surface area is 123 Å². The van der Waals surface area contributed by atoms with Crippen molar-refractivity contribution in [1.82, 2.24) is 9.97 Å². The van der Waals surface area contributed by atoms with Gasteiger partial charge in [-0.1, -0.05) is 48.0 Å². The molecule has 3 N–H and O–H groups in total. The maximum absolute atomic E-state index is 5.90. The first-order valence-corrected chi connectivity index (χ1v) is 6.79. The van der Waals surface area contributed by atoms with Gasteiger partial charge in [-0.25, -0.2) is 4.98 Å². The minimum Gasteiger partial charge on any atom is -0.368 e. The first-order valence-electron chi connectivity index (χ1n) is 6.41. The Morgan fingerprint density at radius 1 is 1.30 bits per heavy atom. The van der Waals surface area contributed by atoms with Gasteiger partial charge in [0.15, 0.2) is 0 Å². The van der Waals surface area contributed by atoms with E-state index >= 15 is 0 Å². The number of nitrogen functional groups attached to an aromatic ring is 1. The summed E-state index contributed by atoms with van der Waals surface area (Å²) in [5.74, 6) is 0.788. The molecule has 1 heterocycles. The molecule has 0 aliphatic heterocycles. The highest BCUT2D eigenvalue weighted by Crippen LogP contribution is 2.24. The van der Waals surface area contributed by atoms with Crippen molar-refractivity contribution in [2.45, 2.75) is 18.9 Å². The van der Waals surface area contributed by atoms with Crippen molar-refractivity contribution >= 4 is 23.4 Å². The third kappa shape index (κ3) is 3.96. The van der Waals surface area contributed by atoms with Crippen LogP contribution in [0.2, 0.25) is 5.15 Å². The summed E-state index contributed by atoms with van der Waals surface area (Å²) in [5.41, 5.74) is 6.79. The minimum absolute atomic E-state index is 0.125. The molecule has 0 spiro atoms. The molecule has 2 aromatic rings. The third-order valence-electron chi connectivity index (χ3n) is 2.90. The number of nitrogens with one attached hydrogen (secondary N) is 1. The number of hydrogen-bond donors (Lipinski definition) is 2. The fourth-order valence-electron chi connectivity index (χ4n) is 1.98. The van der Waals surface area contributed by atoms with Crippen molar-refractivity contribution in [2.24, 2.45) is 0 Å². The Morgan fingerprint density at radius 3 is 2.70 bits per heavy atom. The molecule has 0 saturated heterocycles. The van der Waals surface area contributed by atoms with Gasteiger partial charge in [0.1, 0.15) is 11.0 Å². The van der Waals surface area contributed by atoms with E-state index in [4.69, 9.17) is 17.3 Å². The number of aromatic nitrogens is 2. The van der Waals surface area contributed by atoms with Crippen LogP contribution in [0.3, 0.4) is 0 Å². The van der Waals surface area contributed by atoms with E-state index in [9.17, 15) is 0 Å². The molecule has 104 valence electrons. The van der Waals surface area contributed by atoms with Crippen LogP contribution < -0.4 is 11.1 Å². The van der Waals surface area contributed by atoms with Gasteiger partial charge in [0, 0.05) is 6.07 Å². The lowest BCUT2D eigenvalue weighted by Gasteiger charge is -2.19. The van der Waals surface area contributed by atoms with Crippen LogP contribution in [-0.4, -0.2) is 9.97 Å². The van der Waals surface area contributed by atoms with Crippen LogP contribution in [0.5, 0.6) is 0 Å². The molecule has 0 radical (unpaired) electrons. The summed E-state index contributed by atoms with van der Waals surface area (Å²) in [5, 5.41) is 3.68. The van der Waals surface area contributed by atoms with Crippen LogP contribution >= 0.6 is 11.6 Å². The molecule has 0 fully saturated rings. The second kappa shape index (κ2) is 6.91. The standard InChI is InChI=1S/C15H17ClN4/c1-2-3-9-12(11-7-5-4-6-8-11)18-14-10-13(16)19-15(17)20-14/h2,4-8,10,12H,1,3,9H2,(H3,17,18,19,20). The normalized spacial score (nSPS) is 11.8. The zero-order chi connectivity index (χ0) is 14.4. The van der Waals surface area contributed by atoms with Gasteiger partial charge < -0.3 is 11.1 Å². The quantitative estimate of drug-likeness (QED) is 0.626. The lowest BCUT2D eigenvalue weighted by Crippen LogP contribution is -2.12. The molecule has 0 saturated carbocycles. The number of hydrogen-bond acceptors (Lipinski definition) is 4. The molecular weight excluding hydrogens is 272 g/mol. The van der Waals surface area contributed by atoms with Crippen molar-refractivity contribution in [3.05, 3.63) is 59.8 Å². The second-order valence-corrected chi connectivity index (χ2v) is 4.79. The van der Waals surface area contributed by atoms with Crippen LogP contribution in [0, 0.1) is 0 Å². The molecule has 5 heteroatoms. The van der Waals surface area contributed by atoms with Crippen LogP contribution in [-0.2, 0) is 0 Å². The third-order valence-corrected chi connectivity index (χ3v) is 3.09. The molecule has 1 atom stereocenters. The smallest absolute Gasteiger partial charge is 0.223 e. The van der Waals surface area contributed by atoms with E-state index in [-0.39, 0.29) is 12.0 Å². The summed E-state index contributed by atoms with van der Waals surface area (Å²) in [6.45, 7) is 3.77. The van der Waals surface area contributed by atoms with Gasteiger partial charge in [0.25, 0.3) is 0 Å². The lowest BCUT2D eigenvalue weighted by atomic mass is 10.0. The lowest BCUT2D eigenvalue weighted by molar-refractivity contribution is 0.701. The Bertz CT molecular complexity index is 551. The molecule has 0 bridgehead atoms. The molecule has 1 aromatic heterocycles. The number of nitrogens with zero attached hydrogens (tertiary/aromatic N) is 2. The first kappa shape index (κ1) is 14.3. The molecule has 4 nitrogen and oxygen atoms in total. The summed E-state index contributed by atoms with van der Waals surface area (Å²) in [6.07, 6.45) is 3.72. The highest BCUT2D eigenvalue weighted by atomic mass is 35.5. The number of rotatable bonds is 6. The first-order chi connectivity index (χ1) is 9.69.